The lowest BCUT2D eigenvalue weighted by atomic mass is 10.3. The van der Waals surface area contributed by atoms with E-state index in [0.29, 0.717) is 6.41 Å². The Kier molecular flexibility index (Phi) is 5.03. The zero-order chi connectivity index (χ0) is 13.5. The molecule has 0 aliphatic heterocycles. The summed E-state index contributed by atoms with van der Waals surface area (Å²) >= 11 is 1.77. The quantitative estimate of drug-likeness (QED) is 0.623. The van der Waals surface area contributed by atoms with Crippen LogP contribution in [0.5, 0.6) is 0 Å². The number of carbonyl (C=O) groups excluding carboxylic acids is 1. The summed E-state index contributed by atoms with van der Waals surface area (Å²) in [7, 11) is 0. The summed E-state index contributed by atoms with van der Waals surface area (Å²) in [5, 5.41) is 2.63. The van der Waals surface area contributed by atoms with Crippen LogP contribution >= 0.6 is 11.8 Å². The zero-order valence-electron chi connectivity index (χ0n) is 10.9. The van der Waals surface area contributed by atoms with Crippen molar-refractivity contribution >= 4 is 23.9 Å². The van der Waals surface area contributed by atoms with E-state index in [2.05, 4.69) is 21.8 Å². The van der Waals surface area contributed by atoms with Crippen LogP contribution in [0.2, 0.25) is 0 Å². The molecule has 0 saturated carbocycles. The highest BCUT2D eigenvalue weighted by molar-refractivity contribution is 7.98. The highest BCUT2D eigenvalue weighted by Crippen LogP contribution is 2.24. The summed E-state index contributed by atoms with van der Waals surface area (Å²) in [6, 6.07) is 7.83. The number of benzene rings is 1. The van der Waals surface area contributed by atoms with Gasteiger partial charge in [-0.3, -0.25) is 4.79 Å². The average molecular weight is 275 g/mol. The molecule has 19 heavy (non-hydrogen) atoms. The Morgan fingerprint density at radius 3 is 2.84 bits per heavy atom. The second kappa shape index (κ2) is 6.99. The van der Waals surface area contributed by atoms with Crippen molar-refractivity contribution in [3.05, 3.63) is 42.5 Å². The minimum atomic E-state index is 0.686. The first-order valence-electron chi connectivity index (χ1n) is 6.25. The Morgan fingerprint density at radius 1 is 1.37 bits per heavy atom. The van der Waals surface area contributed by atoms with Crippen LogP contribution in [0.4, 0.5) is 5.69 Å². The van der Waals surface area contributed by atoms with Crippen molar-refractivity contribution in [2.75, 3.05) is 5.32 Å². The van der Waals surface area contributed by atoms with Gasteiger partial charge in [-0.1, -0.05) is 6.92 Å². The standard InChI is InChI=1S/C14H17N3OS/c1-2-7-17-10-15-8-13(17)9-19-14-5-3-12(4-6-14)16-11-18/h3-6,8,10-11H,2,7,9H2,1H3,(H,16,18). The van der Waals surface area contributed by atoms with Gasteiger partial charge in [-0.2, -0.15) is 0 Å². The van der Waals surface area contributed by atoms with Crippen molar-refractivity contribution < 1.29 is 4.79 Å². The number of nitrogens with zero attached hydrogens (tertiary/aromatic N) is 2. The maximum Gasteiger partial charge on any atom is 0.211 e. The fraction of sp³-hybridized carbons (Fsp3) is 0.286. The molecule has 1 aromatic carbocycles. The first-order valence-corrected chi connectivity index (χ1v) is 7.24. The molecule has 2 aromatic rings. The van der Waals surface area contributed by atoms with Gasteiger partial charge in [0.25, 0.3) is 0 Å². The van der Waals surface area contributed by atoms with Gasteiger partial charge < -0.3 is 9.88 Å². The van der Waals surface area contributed by atoms with Gasteiger partial charge in [0, 0.05) is 34.8 Å². The van der Waals surface area contributed by atoms with Crippen LogP contribution in [-0.2, 0) is 17.1 Å². The summed E-state index contributed by atoms with van der Waals surface area (Å²) in [6.07, 6.45) is 5.60. The van der Waals surface area contributed by atoms with Gasteiger partial charge in [0.1, 0.15) is 0 Å². The largest absolute Gasteiger partial charge is 0.334 e. The number of rotatable bonds is 7. The van der Waals surface area contributed by atoms with Crippen LogP contribution in [-0.4, -0.2) is 16.0 Å². The third-order valence-corrected chi connectivity index (χ3v) is 3.78. The number of aryl methyl sites for hydroxylation is 1. The number of aromatic nitrogens is 2. The summed E-state index contributed by atoms with van der Waals surface area (Å²) < 4.78 is 2.19. The number of carbonyl (C=O) groups is 1. The molecule has 1 aromatic heterocycles. The molecular formula is C14H17N3OS. The van der Waals surface area contributed by atoms with Crippen molar-refractivity contribution in [2.45, 2.75) is 30.5 Å². The normalized spacial score (nSPS) is 10.4. The van der Waals surface area contributed by atoms with Gasteiger partial charge in [0.2, 0.25) is 6.41 Å². The van der Waals surface area contributed by atoms with E-state index in [1.807, 2.05) is 36.8 Å². The van der Waals surface area contributed by atoms with Crippen LogP contribution in [0.1, 0.15) is 19.0 Å². The van der Waals surface area contributed by atoms with Crippen molar-refractivity contribution in [1.29, 1.82) is 0 Å². The Bertz CT molecular complexity index is 522. The fourth-order valence-electron chi connectivity index (χ4n) is 1.78. The number of imidazole rings is 1. The minimum Gasteiger partial charge on any atom is -0.334 e. The molecule has 0 fully saturated rings. The maximum atomic E-state index is 10.3. The Balaban J connectivity index is 1.94. The predicted octanol–water partition coefficient (Wildman–Crippen LogP) is 3.15. The maximum absolute atomic E-state index is 10.3. The molecule has 0 radical (unpaired) electrons. The average Bonchev–Trinajstić information content (AvgIpc) is 2.86. The molecule has 0 unspecified atom stereocenters. The minimum absolute atomic E-state index is 0.686. The lowest BCUT2D eigenvalue weighted by Gasteiger charge is -2.07. The van der Waals surface area contributed by atoms with Gasteiger partial charge in [-0.05, 0) is 30.7 Å². The molecule has 0 saturated heterocycles. The monoisotopic (exact) mass is 275 g/mol. The van der Waals surface area contributed by atoms with Crippen LogP contribution in [0.25, 0.3) is 0 Å². The van der Waals surface area contributed by atoms with E-state index in [-0.39, 0.29) is 0 Å². The molecule has 1 N–H and O–H groups in total. The van der Waals surface area contributed by atoms with Crippen molar-refractivity contribution in [3.63, 3.8) is 0 Å². The first-order chi connectivity index (χ1) is 9.33. The molecule has 100 valence electrons. The Hall–Kier alpha value is -1.75. The zero-order valence-corrected chi connectivity index (χ0v) is 11.7. The molecule has 4 nitrogen and oxygen atoms in total. The predicted molar refractivity (Wildman–Crippen MR) is 78.2 cm³/mol. The second-order valence-electron chi connectivity index (χ2n) is 4.15. The molecular weight excluding hydrogens is 258 g/mol. The first kappa shape index (κ1) is 13.7. The molecule has 0 spiro atoms. The Morgan fingerprint density at radius 2 is 2.16 bits per heavy atom. The molecule has 1 amide bonds. The van der Waals surface area contributed by atoms with Gasteiger partial charge in [-0.15, -0.1) is 11.8 Å². The smallest absolute Gasteiger partial charge is 0.211 e. The number of hydrogen-bond acceptors (Lipinski definition) is 3. The number of anilines is 1. The van der Waals surface area contributed by atoms with E-state index in [4.69, 9.17) is 0 Å². The Labute approximate surface area is 117 Å². The fourth-order valence-corrected chi connectivity index (χ4v) is 2.67. The van der Waals surface area contributed by atoms with E-state index in [0.717, 1.165) is 24.4 Å². The SMILES string of the molecule is CCCn1cncc1CSc1ccc(NC=O)cc1. The van der Waals surface area contributed by atoms with Crippen LogP contribution in [0.3, 0.4) is 0 Å². The third-order valence-electron chi connectivity index (χ3n) is 2.73. The van der Waals surface area contributed by atoms with Crippen molar-refractivity contribution in [3.8, 4) is 0 Å². The van der Waals surface area contributed by atoms with E-state index >= 15 is 0 Å². The molecule has 0 bridgehead atoms. The summed E-state index contributed by atoms with van der Waals surface area (Å²) in [4.78, 5) is 15.7. The van der Waals surface area contributed by atoms with Gasteiger partial charge in [0.15, 0.2) is 0 Å². The molecule has 0 aliphatic carbocycles. The summed E-state index contributed by atoms with van der Waals surface area (Å²) in [5.74, 6) is 0.903. The molecule has 2 rings (SSSR count). The number of amides is 1. The number of nitrogens with one attached hydrogen (secondary N) is 1. The summed E-state index contributed by atoms with van der Waals surface area (Å²) in [6.45, 7) is 3.17. The number of thioether (sulfide) groups is 1. The van der Waals surface area contributed by atoms with Crippen LogP contribution < -0.4 is 5.32 Å². The van der Waals surface area contributed by atoms with Crippen molar-refractivity contribution in [1.82, 2.24) is 9.55 Å². The lowest BCUT2D eigenvalue weighted by molar-refractivity contribution is -0.105. The second-order valence-corrected chi connectivity index (χ2v) is 5.20. The number of hydrogen-bond donors (Lipinski definition) is 1. The molecule has 0 aliphatic rings. The van der Waals surface area contributed by atoms with Crippen LogP contribution in [0, 0.1) is 0 Å². The third kappa shape index (κ3) is 3.86. The summed E-state index contributed by atoms with van der Waals surface area (Å²) in [5.41, 5.74) is 2.05. The van der Waals surface area contributed by atoms with E-state index in [9.17, 15) is 4.79 Å². The molecule has 0 atom stereocenters. The van der Waals surface area contributed by atoms with Crippen molar-refractivity contribution in [2.24, 2.45) is 0 Å². The molecule has 1 heterocycles. The van der Waals surface area contributed by atoms with Crippen LogP contribution in [0.15, 0.2) is 41.7 Å². The molecule has 5 heteroatoms. The van der Waals surface area contributed by atoms with Gasteiger partial charge in [-0.25, -0.2) is 4.98 Å². The highest BCUT2D eigenvalue weighted by atomic mass is 32.2. The van der Waals surface area contributed by atoms with Gasteiger partial charge >= 0.3 is 0 Å². The van der Waals surface area contributed by atoms with E-state index < -0.39 is 0 Å². The topological polar surface area (TPSA) is 46.9 Å². The lowest BCUT2D eigenvalue weighted by Crippen LogP contribution is -1.99. The van der Waals surface area contributed by atoms with Gasteiger partial charge in [0.05, 0.1) is 6.33 Å². The van der Waals surface area contributed by atoms with E-state index in [1.54, 1.807) is 11.8 Å². The van der Waals surface area contributed by atoms with E-state index in [1.165, 1.54) is 10.6 Å². The highest BCUT2D eigenvalue weighted by Gasteiger charge is 2.02.